The summed E-state index contributed by atoms with van der Waals surface area (Å²) in [5, 5.41) is 10.9. The topological polar surface area (TPSA) is 82.4 Å². The molecule has 0 radical (unpaired) electrons. The summed E-state index contributed by atoms with van der Waals surface area (Å²) in [6, 6.07) is 13.0. The number of piperidine rings is 1. The molecule has 5 rings (SSSR count). The van der Waals surface area contributed by atoms with Gasteiger partial charge in [-0.3, -0.25) is 9.69 Å². The van der Waals surface area contributed by atoms with Crippen LogP contribution in [-0.2, 0) is 4.79 Å². The molecule has 3 heterocycles. The number of benzene rings is 2. The Labute approximate surface area is 175 Å². The molecule has 0 saturated carbocycles. The number of carbonyl (C=O) groups is 1. The molecule has 7 heteroatoms. The molecular weight excluding hydrogens is 434 g/mol. The number of nitrogens with one attached hydrogen (secondary N) is 1. The van der Waals surface area contributed by atoms with Crippen LogP contribution in [-0.4, -0.2) is 39.0 Å². The number of halogens is 1. The van der Waals surface area contributed by atoms with E-state index in [1.165, 1.54) is 0 Å². The Hall–Kier alpha value is -2.64. The van der Waals surface area contributed by atoms with E-state index in [1.807, 2.05) is 53.6 Å². The molecule has 29 heavy (non-hydrogen) atoms. The van der Waals surface area contributed by atoms with Gasteiger partial charge in [0.15, 0.2) is 11.5 Å². The molecule has 2 aromatic heterocycles. The minimum absolute atomic E-state index is 0.213. The van der Waals surface area contributed by atoms with Crippen LogP contribution < -0.4 is 0 Å². The number of carboxylic acid groups (broad SMARTS) is 1. The number of oxazole rings is 1. The van der Waals surface area contributed by atoms with Crippen LogP contribution in [0.15, 0.2) is 57.6 Å². The van der Waals surface area contributed by atoms with Crippen molar-refractivity contribution in [1.82, 2.24) is 14.9 Å². The lowest BCUT2D eigenvalue weighted by Gasteiger charge is -2.34. The number of aliphatic carboxylic acids is 1. The molecule has 0 unspecified atom stereocenters. The van der Waals surface area contributed by atoms with Crippen LogP contribution >= 0.6 is 15.9 Å². The number of nitrogens with zero attached hydrogens (tertiary/aromatic N) is 2. The van der Waals surface area contributed by atoms with Crippen molar-refractivity contribution >= 4 is 43.9 Å². The van der Waals surface area contributed by atoms with E-state index in [4.69, 9.17) is 4.42 Å². The van der Waals surface area contributed by atoms with Gasteiger partial charge in [-0.2, -0.15) is 0 Å². The number of fused-ring (bicyclic) bond motifs is 2. The molecule has 1 aliphatic heterocycles. The summed E-state index contributed by atoms with van der Waals surface area (Å²) >= 11 is 3.49. The first-order chi connectivity index (χ1) is 14.1. The molecule has 148 valence electrons. The van der Waals surface area contributed by atoms with Crippen LogP contribution in [0.4, 0.5) is 0 Å². The van der Waals surface area contributed by atoms with Gasteiger partial charge < -0.3 is 14.5 Å². The van der Waals surface area contributed by atoms with Crippen molar-refractivity contribution in [2.45, 2.75) is 24.8 Å². The van der Waals surface area contributed by atoms with Crippen LogP contribution in [0, 0.1) is 0 Å². The third-order valence-electron chi connectivity index (χ3n) is 5.76. The SMILES string of the molecule is O=C(O)[C@H](c1c[nH]c2ccc(Br)cc12)N1CCC(c2nc3ccccc3o2)CC1. The van der Waals surface area contributed by atoms with Gasteiger partial charge in [0.2, 0.25) is 0 Å². The Bertz CT molecular complexity index is 1160. The predicted molar refractivity (Wildman–Crippen MR) is 114 cm³/mol. The summed E-state index contributed by atoms with van der Waals surface area (Å²) < 4.78 is 6.87. The molecular formula is C22H20BrN3O3. The van der Waals surface area contributed by atoms with Gasteiger partial charge in [-0.1, -0.05) is 28.1 Å². The third-order valence-corrected chi connectivity index (χ3v) is 6.25. The van der Waals surface area contributed by atoms with E-state index in [9.17, 15) is 9.90 Å². The highest BCUT2D eigenvalue weighted by Gasteiger charge is 2.34. The number of carboxylic acids is 1. The van der Waals surface area contributed by atoms with Crippen LogP contribution in [0.3, 0.4) is 0 Å². The average molecular weight is 454 g/mol. The fourth-order valence-corrected chi connectivity index (χ4v) is 4.66. The zero-order chi connectivity index (χ0) is 20.0. The van der Waals surface area contributed by atoms with E-state index in [2.05, 4.69) is 25.9 Å². The molecule has 0 aliphatic carbocycles. The minimum atomic E-state index is -0.828. The van der Waals surface area contributed by atoms with Gasteiger partial charge in [0.25, 0.3) is 0 Å². The lowest BCUT2D eigenvalue weighted by molar-refractivity contribution is -0.144. The normalized spacial score (nSPS) is 17.1. The number of hydrogen-bond acceptors (Lipinski definition) is 4. The van der Waals surface area contributed by atoms with Crippen molar-refractivity contribution in [3.63, 3.8) is 0 Å². The first kappa shape index (κ1) is 18.4. The lowest BCUT2D eigenvalue weighted by Crippen LogP contribution is -2.39. The Morgan fingerprint density at radius 3 is 2.79 bits per heavy atom. The summed E-state index contributed by atoms with van der Waals surface area (Å²) in [4.78, 5) is 22.1. The van der Waals surface area contributed by atoms with Crippen molar-refractivity contribution in [1.29, 1.82) is 0 Å². The Balaban J connectivity index is 1.38. The summed E-state index contributed by atoms with van der Waals surface area (Å²) in [6.45, 7) is 1.36. The van der Waals surface area contributed by atoms with E-state index in [-0.39, 0.29) is 5.92 Å². The monoisotopic (exact) mass is 453 g/mol. The van der Waals surface area contributed by atoms with Crippen LogP contribution in [0.2, 0.25) is 0 Å². The highest BCUT2D eigenvalue weighted by molar-refractivity contribution is 9.10. The predicted octanol–water partition coefficient (Wildman–Crippen LogP) is 5.08. The molecule has 6 nitrogen and oxygen atoms in total. The lowest BCUT2D eigenvalue weighted by atomic mass is 9.94. The van der Waals surface area contributed by atoms with Crippen molar-refractivity contribution in [2.75, 3.05) is 13.1 Å². The van der Waals surface area contributed by atoms with Gasteiger partial charge in [0.1, 0.15) is 11.6 Å². The smallest absolute Gasteiger partial charge is 0.325 e. The molecule has 4 aromatic rings. The fraction of sp³-hybridized carbons (Fsp3) is 0.273. The zero-order valence-corrected chi connectivity index (χ0v) is 17.2. The van der Waals surface area contributed by atoms with E-state index >= 15 is 0 Å². The molecule has 2 aromatic carbocycles. The summed E-state index contributed by atoms with van der Waals surface area (Å²) in [5.74, 6) is 0.144. The number of hydrogen-bond donors (Lipinski definition) is 2. The van der Waals surface area contributed by atoms with Crippen molar-refractivity contribution in [2.24, 2.45) is 0 Å². The summed E-state index contributed by atoms with van der Waals surface area (Å²) in [5.41, 5.74) is 3.42. The number of likely N-dealkylation sites (tertiary alicyclic amines) is 1. The Morgan fingerprint density at radius 2 is 2.03 bits per heavy atom. The van der Waals surface area contributed by atoms with Crippen LogP contribution in [0.25, 0.3) is 22.0 Å². The maximum absolute atomic E-state index is 12.2. The minimum Gasteiger partial charge on any atom is -0.480 e. The molecule has 1 aliphatic rings. The standard InChI is InChI=1S/C22H20BrN3O3/c23-14-5-6-17-15(11-14)16(12-24-17)20(22(27)28)26-9-7-13(8-10-26)21-25-18-3-1-2-4-19(18)29-21/h1-6,11-13,20,24H,7-10H2,(H,27,28)/t20-/m0/s1. The van der Waals surface area contributed by atoms with E-state index in [1.54, 1.807) is 0 Å². The first-order valence-corrected chi connectivity index (χ1v) is 10.5. The van der Waals surface area contributed by atoms with Crippen LogP contribution in [0.5, 0.6) is 0 Å². The van der Waals surface area contributed by atoms with Crippen LogP contribution in [0.1, 0.15) is 36.3 Å². The van der Waals surface area contributed by atoms with E-state index < -0.39 is 12.0 Å². The average Bonchev–Trinajstić information content (AvgIpc) is 3.33. The first-order valence-electron chi connectivity index (χ1n) is 9.69. The third kappa shape index (κ3) is 3.34. The van der Waals surface area contributed by atoms with Gasteiger partial charge in [-0.25, -0.2) is 4.98 Å². The second kappa shape index (κ2) is 7.31. The van der Waals surface area contributed by atoms with E-state index in [0.29, 0.717) is 13.1 Å². The summed E-state index contributed by atoms with van der Waals surface area (Å²) in [6.07, 6.45) is 3.47. The van der Waals surface area contributed by atoms with Crippen molar-refractivity contribution in [3.05, 3.63) is 64.6 Å². The fourth-order valence-electron chi connectivity index (χ4n) is 4.30. The molecule has 2 N–H and O–H groups in total. The molecule has 0 spiro atoms. The molecule has 1 atom stereocenters. The van der Waals surface area contributed by atoms with Gasteiger partial charge in [-0.05, 0) is 43.2 Å². The molecule has 1 fully saturated rings. The second-order valence-electron chi connectivity index (χ2n) is 7.50. The van der Waals surface area contributed by atoms with Crippen molar-refractivity contribution < 1.29 is 14.3 Å². The maximum Gasteiger partial charge on any atom is 0.325 e. The zero-order valence-electron chi connectivity index (χ0n) is 15.6. The highest BCUT2D eigenvalue weighted by Crippen LogP contribution is 2.36. The number of para-hydroxylation sites is 2. The highest BCUT2D eigenvalue weighted by atomic mass is 79.9. The van der Waals surface area contributed by atoms with E-state index in [0.717, 1.165) is 50.8 Å². The Kier molecular flexibility index (Phi) is 4.64. The number of aromatic nitrogens is 2. The van der Waals surface area contributed by atoms with Gasteiger partial charge in [0.05, 0.1) is 0 Å². The van der Waals surface area contributed by atoms with Gasteiger partial charge in [0, 0.05) is 46.1 Å². The summed E-state index contributed by atoms with van der Waals surface area (Å²) in [7, 11) is 0. The quantitative estimate of drug-likeness (QED) is 0.450. The second-order valence-corrected chi connectivity index (χ2v) is 8.42. The van der Waals surface area contributed by atoms with Gasteiger partial charge in [-0.15, -0.1) is 0 Å². The number of H-pyrrole nitrogens is 1. The number of rotatable bonds is 4. The molecule has 0 bridgehead atoms. The maximum atomic E-state index is 12.2. The largest absolute Gasteiger partial charge is 0.480 e. The molecule has 1 saturated heterocycles. The molecule has 0 amide bonds. The number of aromatic amines is 1. The Morgan fingerprint density at radius 1 is 1.24 bits per heavy atom. The van der Waals surface area contributed by atoms with Gasteiger partial charge >= 0.3 is 5.97 Å². The van der Waals surface area contributed by atoms with Crippen molar-refractivity contribution in [3.8, 4) is 0 Å².